The highest BCUT2D eigenvalue weighted by Gasteiger charge is 2.21. The molecule has 1 aliphatic rings. The smallest absolute Gasteiger partial charge is 0.244 e. The van der Waals surface area contributed by atoms with Gasteiger partial charge in [-0.2, -0.15) is 0 Å². The molecule has 5 heteroatoms. The predicted molar refractivity (Wildman–Crippen MR) is 74.9 cm³/mol. The van der Waals surface area contributed by atoms with Gasteiger partial charge in [-0.3, -0.25) is 4.79 Å². The second kappa shape index (κ2) is 7.87. The number of carbonyl (C=O) groups excluding carboxylic acids is 1. The topological polar surface area (TPSA) is 71.7 Å². The second-order valence-electron chi connectivity index (χ2n) is 4.99. The summed E-state index contributed by atoms with van der Waals surface area (Å²) >= 11 is 0. The van der Waals surface area contributed by atoms with Gasteiger partial charge in [0, 0.05) is 31.4 Å². The van der Waals surface area contributed by atoms with Crippen molar-refractivity contribution in [3.63, 3.8) is 0 Å². The number of carbonyl (C=O) groups is 1. The molecule has 20 heavy (non-hydrogen) atoms. The molecule has 1 aliphatic heterocycles. The number of nitrogens with one attached hydrogen (secondary N) is 1. The minimum absolute atomic E-state index is 0.162. The largest absolute Gasteiger partial charge is 0.472 e. The third-order valence-electron chi connectivity index (χ3n) is 3.52. The van der Waals surface area contributed by atoms with Crippen LogP contribution in [0.2, 0.25) is 0 Å². The van der Waals surface area contributed by atoms with Crippen LogP contribution in [0.1, 0.15) is 24.8 Å². The Balaban J connectivity index is 1.63. The molecule has 0 saturated carbocycles. The number of aliphatic hydroxyl groups excluding tert-OH is 1. The molecule has 1 saturated heterocycles. The third kappa shape index (κ3) is 4.83. The van der Waals surface area contributed by atoms with Crippen molar-refractivity contribution in [2.24, 2.45) is 5.92 Å². The second-order valence-corrected chi connectivity index (χ2v) is 4.99. The molecule has 0 unspecified atom stereocenters. The summed E-state index contributed by atoms with van der Waals surface area (Å²) in [6.07, 6.45) is 8.29. The van der Waals surface area contributed by atoms with Crippen LogP contribution in [0.3, 0.4) is 0 Å². The van der Waals surface area contributed by atoms with Gasteiger partial charge in [0.25, 0.3) is 0 Å². The lowest BCUT2D eigenvalue weighted by molar-refractivity contribution is -0.116. The first kappa shape index (κ1) is 14.8. The molecule has 1 atom stereocenters. The zero-order chi connectivity index (χ0) is 14.2. The molecule has 1 aromatic heterocycles. The first-order chi connectivity index (χ1) is 9.75. The van der Waals surface area contributed by atoms with Gasteiger partial charge in [-0.05, 0) is 37.3 Å². The van der Waals surface area contributed by atoms with Gasteiger partial charge in [0.1, 0.15) is 0 Å². The Labute approximate surface area is 118 Å². The van der Waals surface area contributed by atoms with E-state index in [9.17, 15) is 9.90 Å². The lowest BCUT2D eigenvalue weighted by Crippen LogP contribution is -2.31. The molecule has 5 nitrogen and oxygen atoms in total. The van der Waals surface area contributed by atoms with Crippen molar-refractivity contribution in [1.82, 2.24) is 5.32 Å². The normalized spacial score (nSPS) is 18.2. The van der Waals surface area contributed by atoms with Crippen LogP contribution < -0.4 is 5.32 Å². The Morgan fingerprint density at radius 1 is 1.50 bits per heavy atom. The van der Waals surface area contributed by atoms with E-state index in [0.717, 1.165) is 31.6 Å². The number of aliphatic hydroxyl groups is 1. The van der Waals surface area contributed by atoms with E-state index in [4.69, 9.17) is 9.15 Å². The van der Waals surface area contributed by atoms with E-state index in [1.165, 1.54) is 6.08 Å². The molecule has 0 aromatic carbocycles. The number of rotatable bonds is 6. The van der Waals surface area contributed by atoms with Gasteiger partial charge in [-0.25, -0.2) is 0 Å². The van der Waals surface area contributed by atoms with Crippen LogP contribution in [0.25, 0.3) is 6.08 Å². The first-order valence-electron chi connectivity index (χ1n) is 6.99. The van der Waals surface area contributed by atoms with Gasteiger partial charge in [-0.15, -0.1) is 0 Å². The molecular weight excluding hydrogens is 258 g/mol. The van der Waals surface area contributed by atoms with Crippen molar-refractivity contribution in [3.8, 4) is 0 Å². The summed E-state index contributed by atoms with van der Waals surface area (Å²) in [6, 6.07) is 1.78. The van der Waals surface area contributed by atoms with Crippen LogP contribution in [0, 0.1) is 5.92 Å². The molecule has 2 N–H and O–H groups in total. The monoisotopic (exact) mass is 279 g/mol. The molecule has 2 rings (SSSR count). The molecule has 0 radical (unpaired) electrons. The van der Waals surface area contributed by atoms with Gasteiger partial charge in [-0.1, -0.05) is 0 Å². The van der Waals surface area contributed by atoms with E-state index in [-0.39, 0.29) is 12.0 Å². The van der Waals surface area contributed by atoms with E-state index < -0.39 is 0 Å². The van der Waals surface area contributed by atoms with E-state index in [1.54, 1.807) is 24.7 Å². The fourth-order valence-corrected chi connectivity index (χ4v) is 2.28. The molecule has 0 bridgehead atoms. The van der Waals surface area contributed by atoms with E-state index in [0.29, 0.717) is 18.9 Å². The average Bonchev–Trinajstić information content (AvgIpc) is 2.99. The summed E-state index contributed by atoms with van der Waals surface area (Å²) < 4.78 is 10.2. The third-order valence-corrected chi connectivity index (χ3v) is 3.52. The van der Waals surface area contributed by atoms with Crippen molar-refractivity contribution >= 4 is 12.0 Å². The average molecular weight is 279 g/mol. The van der Waals surface area contributed by atoms with Crippen molar-refractivity contribution < 1.29 is 19.1 Å². The maximum Gasteiger partial charge on any atom is 0.244 e. The molecule has 1 aromatic rings. The Hall–Kier alpha value is -1.59. The van der Waals surface area contributed by atoms with E-state index in [1.807, 2.05) is 0 Å². The van der Waals surface area contributed by atoms with Crippen molar-refractivity contribution in [2.45, 2.75) is 25.4 Å². The van der Waals surface area contributed by atoms with Gasteiger partial charge < -0.3 is 19.6 Å². The van der Waals surface area contributed by atoms with Crippen molar-refractivity contribution in [3.05, 3.63) is 30.2 Å². The standard InChI is InChI=1S/C15H21NO4/c17-14(13-5-9-19-10-6-13)3-7-16-15(18)2-1-12-4-8-20-11-12/h1-2,4,8,11,13-14,17H,3,5-7,9-10H2,(H,16,18)/b2-1+/t14-/m1/s1. The summed E-state index contributed by atoms with van der Waals surface area (Å²) in [5.41, 5.74) is 0.849. The van der Waals surface area contributed by atoms with E-state index >= 15 is 0 Å². The minimum atomic E-state index is -0.364. The number of furan rings is 1. The SMILES string of the molecule is O=C(/C=C/c1ccoc1)NCC[C@@H](O)C1CCOCC1. The van der Waals surface area contributed by atoms with Crippen LogP contribution >= 0.6 is 0 Å². The maximum atomic E-state index is 11.6. The van der Waals surface area contributed by atoms with Gasteiger partial charge in [0.2, 0.25) is 5.91 Å². The zero-order valence-electron chi connectivity index (χ0n) is 11.5. The molecule has 110 valence electrons. The fraction of sp³-hybridized carbons (Fsp3) is 0.533. The summed E-state index contributed by atoms with van der Waals surface area (Å²) in [7, 11) is 0. The van der Waals surface area contributed by atoms with Gasteiger partial charge >= 0.3 is 0 Å². The quantitative estimate of drug-likeness (QED) is 0.776. The zero-order valence-corrected chi connectivity index (χ0v) is 11.5. The van der Waals surface area contributed by atoms with Crippen LogP contribution in [0.5, 0.6) is 0 Å². The molecule has 1 fully saturated rings. The lowest BCUT2D eigenvalue weighted by Gasteiger charge is -2.26. The lowest BCUT2D eigenvalue weighted by atomic mass is 9.92. The highest BCUT2D eigenvalue weighted by atomic mass is 16.5. The Kier molecular flexibility index (Phi) is 5.83. The summed E-state index contributed by atoms with van der Waals surface area (Å²) in [4.78, 5) is 11.6. The van der Waals surface area contributed by atoms with Crippen LogP contribution in [0.4, 0.5) is 0 Å². The van der Waals surface area contributed by atoms with Gasteiger partial charge in [0.05, 0.1) is 18.6 Å². The summed E-state index contributed by atoms with van der Waals surface area (Å²) in [6.45, 7) is 1.93. The first-order valence-corrected chi connectivity index (χ1v) is 6.99. The predicted octanol–water partition coefficient (Wildman–Crippen LogP) is 1.59. The molecule has 0 aliphatic carbocycles. The Morgan fingerprint density at radius 2 is 2.30 bits per heavy atom. The number of amides is 1. The molecular formula is C15H21NO4. The van der Waals surface area contributed by atoms with Crippen molar-refractivity contribution in [2.75, 3.05) is 19.8 Å². The van der Waals surface area contributed by atoms with Crippen LogP contribution in [0.15, 0.2) is 29.1 Å². The molecule has 1 amide bonds. The summed E-state index contributed by atoms with van der Waals surface area (Å²) in [5, 5.41) is 12.8. The fourth-order valence-electron chi connectivity index (χ4n) is 2.28. The van der Waals surface area contributed by atoms with Crippen LogP contribution in [-0.2, 0) is 9.53 Å². The van der Waals surface area contributed by atoms with Gasteiger partial charge in [0.15, 0.2) is 0 Å². The van der Waals surface area contributed by atoms with Crippen LogP contribution in [-0.4, -0.2) is 36.9 Å². The Morgan fingerprint density at radius 3 is 3.00 bits per heavy atom. The minimum Gasteiger partial charge on any atom is -0.472 e. The Bertz CT molecular complexity index is 421. The number of hydrogen-bond donors (Lipinski definition) is 2. The number of hydrogen-bond acceptors (Lipinski definition) is 4. The highest BCUT2D eigenvalue weighted by Crippen LogP contribution is 2.20. The molecule has 0 spiro atoms. The van der Waals surface area contributed by atoms with E-state index in [2.05, 4.69) is 5.32 Å². The summed E-state index contributed by atoms with van der Waals surface area (Å²) in [5.74, 6) is 0.132. The van der Waals surface area contributed by atoms with Crippen molar-refractivity contribution in [1.29, 1.82) is 0 Å². The highest BCUT2D eigenvalue weighted by molar-refractivity contribution is 5.91. The molecule has 2 heterocycles. The maximum absolute atomic E-state index is 11.6. The number of ether oxygens (including phenoxy) is 1.